The topological polar surface area (TPSA) is 20.2 Å². The molecule has 19 heavy (non-hydrogen) atoms. The van der Waals surface area contributed by atoms with Crippen molar-refractivity contribution >= 4 is 23.2 Å². The molecule has 0 aliphatic carbocycles. The molecule has 0 bridgehead atoms. The van der Waals surface area contributed by atoms with Crippen LogP contribution in [-0.2, 0) is 5.41 Å². The summed E-state index contributed by atoms with van der Waals surface area (Å²) in [6.07, 6.45) is -0.695. The molecule has 3 heteroatoms. The van der Waals surface area contributed by atoms with Crippen LogP contribution in [0.2, 0.25) is 10.0 Å². The van der Waals surface area contributed by atoms with E-state index in [4.69, 9.17) is 23.2 Å². The Morgan fingerprint density at radius 3 is 2.32 bits per heavy atom. The summed E-state index contributed by atoms with van der Waals surface area (Å²) in [5.41, 5.74) is 1.23. The third kappa shape index (κ3) is 2.94. The summed E-state index contributed by atoms with van der Waals surface area (Å²) in [6.45, 7) is 3.96. The number of halogens is 2. The van der Waals surface area contributed by atoms with Crippen molar-refractivity contribution in [3.05, 3.63) is 69.7 Å². The number of rotatable bonds is 3. The van der Waals surface area contributed by atoms with Crippen LogP contribution in [-0.4, -0.2) is 5.11 Å². The second-order valence-electron chi connectivity index (χ2n) is 5.16. The van der Waals surface area contributed by atoms with Crippen molar-refractivity contribution in [2.24, 2.45) is 0 Å². The first-order chi connectivity index (χ1) is 8.93. The summed E-state index contributed by atoms with van der Waals surface area (Å²) >= 11 is 12.2. The van der Waals surface area contributed by atoms with Crippen LogP contribution < -0.4 is 0 Å². The summed E-state index contributed by atoms with van der Waals surface area (Å²) in [5, 5.41) is 11.9. The lowest BCUT2D eigenvalue weighted by atomic mass is 9.77. The van der Waals surface area contributed by atoms with Crippen molar-refractivity contribution in [2.45, 2.75) is 25.4 Å². The summed E-state index contributed by atoms with van der Waals surface area (Å²) in [6, 6.07) is 14.9. The Hall–Kier alpha value is -1.02. The van der Waals surface area contributed by atoms with E-state index >= 15 is 0 Å². The molecule has 0 aliphatic heterocycles. The lowest BCUT2D eigenvalue weighted by Gasteiger charge is -2.32. The Morgan fingerprint density at radius 2 is 1.68 bits per heavy atom. The molecule has 0 aromatic heterocycles. The van der Waals surface area contributed by atoms with E-state index in [1.165, 1.54) is 0 Å². The van der Waals surface area contributed by atoms with E-state index in [9.17, 15) is 5.11 Å². The maximum absolute atomic E-state index is 10.6. The van der Waals surface area contributed by atoms with Crippen LogP contribution in [0.1, 0.15) is 31.1 Å². The molecule has 1 nitrogen and oxygen atoms in total. The van der Waals surface area contributed by atoms with Gasteiger partial charge in [0.1, 0.15) is 0 Å². The van der Waals surface area contributed by atoms with Gasteiger partial charge in [0.05, 0.1) is 6.10 Å². The fraction of sp³-hybridized carbons (Fsp3) is 0.250. The van der Waals surface area contributed by atoms with Gasteiger partial charge in [-0.25, -0.2) is 0 Å². The van der Waals surface area contributed by atoms with E-state index in [1.807, 2.05) is 56.3 Å². The van der Waals surface area contributed by atoms with Gasteiger partial charge in [-0.15, -0.1) is 0 Å². The van der Waals surface area contributed by atoms with Crippen LogP contribution in [0, 0.1) is 0 Å². The number of hydrogen-bond acceptors (Lipinski definition) is 1. The van der Waals surface area contributed by atoms with Crippen LogP contribution >= 0.6 is 23.2 Å². The number of hydrogen-bond donors (Lipinski definition) is 1. The predicted octanol–water partition coefficient (Wildman–Crippen LogP) is 5.00. The van der Waals surface area contributed by atoms with Crippen molar-refractivity contribution < 1.29 is 5.11 Å². The first kappa shape index (κ1) is 14.4. The average Bonchev–Trinajstić information content (AvgIpc) is 2.38. The number of aliphatic hydroxyl groups is 1. The van der Waals surface area contributed by atoms with Gasteiger partial charge in [-0.2, -0.15) is 0 Å². The summed E-state index contributed by atoms with van der Waals surface area (Å²) in [7, 11) is 0. The Morgan fingerprint density at radius 1 is 1.00 bits per heavy atom. The molecule has 2 aromatic carbocycles. The molecule has 0 spiro atoms. The van der Waals surface area contributed by atoms with Gasteiger partial charge in [0, 0.05) is 15.5 Å². The van der Waals surface area contributed by atoms with Gasteiger partial charge in [0.15, 0.2) is 0 Å². The van der Waals surface area contributed by atoms with Crippen LogP contribution in [0.4, 0.5) is 0 Å². The molecule has 0 amide bonds. The Balaban J connectivity index is 2.42. The zero-order valence-corrected chi connectivity index (χ0v) is 12.4. The maximum atomic E-state index is 10.6. The molecule has 0 radical (unpaired) electrons. The highest BCUT2D eigenvalue weighted by Crippen LogP contribution is 2.39. The fourth-order valence-corrected chi connectivity index (χ4v) is 2.56. The van der Waals surface area contributed by atoms with Crippen molar-refractivity contribution in [2.75, 3.05) is 0 Å². The normalized spacial score (nSPS) is 13.3. The molecule has 2 rings (SSSR count). The van der Waals surface area contributed by atoms with Gasteiger partial charge in [0.25, 0.3) is 0 Å². The van der Waals surface area contributed by atoms with Crippen LogP contribution in [0.5, 0.6) is 0 Å². The Kier molecular flexibility index (Phi) is 4.19. The molecule has 1 atom stereocenters. The average molecular weight is 295 g/mol. The standard InChI is InChI=1S/C16H16Cl2O/c1-16(2,11-6-5-7-12(17)10-11)15(19)13-8-3-4-9-14(13)18/h3-10,15,19H,1-2H3. The quantitative estimate of drug-likeness (QED) is 0.844. The van der Waals surface area contributed by atoms with Crippen molar-refractivity contribution in [1.29, 1.82) is 0 Å². The molecular formula is C16H16Cl2O. The fourth-order valence-electron chi connectivity index (χ4n) is 2.13. The maximum Gasteiger partial charge on any atom is 0.0895 e. The molecule has 0 fully saturated rings. The minimum absolute atomic E-state index is 0.476. The van der Waals surface area contributed by atoms with Crippen molar-refractivity contribution in [3.8, 4) is 0 Å². The summed E-state index contributed by atoms with van der Waals surface area (Å²) in [4.78, 5) is 0. The molecule has 0 aliphatic rings. The number of benzene rings is 2. The minimum Gasteiger partial charge on any atom is -0.387 e. The van der Waals surface area contributed by atoms with Gasteiger partial charge < -0.3 is 5.11 Å². The Labute approximate surface area is 123 Å². The highest BCUT2D eigenvalue weighted by molar-refractivity contribution is 6.31. The molecule has 0 heterocycles. The van der Waals surface area contributed by atoms with E-state index in [0.29, 0.717) is 10.0 Å². The molecule has 1 N–H and O–H groups in total. The van der Waals surface area contributed by atoms with Crippen molar-refractivity contribution in [1.82, 2.24) is 0 Å². The zero-order valence-electron chi connectivity index (χ0n) is 10.9. The van der Waals surface area contributed by atoms with Gasteiger partial charge in [-0.1, -0.05) is 67.4 Å². The van der Waals surface area contributed by atoms with E-state index in [0.717, 1.165) is 11.1 Å². The van der Waals surface area contributed by atoms with Crippen LogP contribution in [0.25, 0.3) is 0 Å². The Bertz CT molecular complexity index is 578. The van der Waals surface area contributed by atoms with E-state index in [2.05, 4.69) is 0 Å². The van der Waals surface area contributed by atoms with E-state index in [-0.39, 0.29) is 0 Å². The lowest BCUT2D eigenvalue weighted by Crippen LogP contribution is -2.27. The highest BCUT2D eigenvalue weighted by Gasteiger charge is 2.32. The zero-order chi connectivity index (χ0) is 14.0. The highest BCUT2D eigenvalue weighted by atomic mass is 35.5. The first-order valence-corrected chi connectivity index (χ1v) is 6.87. The molecule has 1 unspecified atom stereocenters. The second-order valence-corrected chi connectivity index (χ2v) is 6.00. The molecular weight excluding hydrogens is 279 g/mol. The van der Waals surface area contributed by atoms with E-state index < -0.39 is 11.5 Å². The molecule has 0 saturated carbocycles. The third-order valence-corrected chi connectivity index (χ3v) is 4.03. The minimum atomic E-state index is -0.695. The third-order valence-electron chi connectivity index (χ3n) is 3.45. The molecule has 2 aromatic rings. The lowest BCUT2D eigenvalue weighted by molar-refractivity contribution is 0.100. The number of aliphatic hydroxyl groups excluding tert-OH is 1. The first-order valence-electron chi connectivity index (χ1n) is 6.11. The van der Waals surface area contributed by atoms with Gasteiger partial charge in [0.2, 0.25) is 0 Å². The monoisotopic (exact) mass is 294 g/mol. The van der Waals surface area contributed by atoms with Gasteiger partial charge in [-0.05, 0) is 29.3 Å². The second kappa shape index (κ2) is 5.54. The van der Waals surface area contributed by atoms with Crippen molar-refractivity contribution in [3.63, 3.8) is 0 Å². The SMILES string of the molecule is CC(C)(c1cccc(Cl)c1)C(O)c1ccccc1Cl. The molecule has 100 valence electrons. The smallest absolute Gasteiger partial charge is 0.0895 e. The van der Waals surface area contributed by atoms with Gasteiger partial charge >= 0.3 is 0 Å². The largest absolute Gasteiger partial charge is 0.387 e. The predicted molar refractivity (Wildman–Crippen MR) is 80.9 cm³/mol. The molecule has 0 saturated heterocycles. The van der Waals surface area contributed by atoms with Crippen LogP contribution in [0.3, 0.4) is 0 Å². The summed E-state index contributed by atoms with van der Waals surface area (Å²) < 4.78 is 0. The van der Waals surface area contributed by atoms with E-state index in [1.54, 1.807) is 6.07 Å². The summed E-state index contributed by atoms with van der Waals surface area (Å²) in [5.74, 6) is 0. The van der Waals surface area contributed by atoms with Gasteiger partial charge in [-0.3, -0.25) is 0 Å². The van der Waals surface area contributed by atoms with Crippen LogP contribution in [0.15, 0.2) is 48.5 Å².